The lowest BCUT2D eigenvalue weighted by Gasteiger charge is -2.14. The summed E-state index contributed by atoms with van der Waals surface area (Å²) in [7, 11) is 0. The number of Topliss-reactive ketones (excluding diaryl/α,β-unsaturated/α-hetero) is 1. The molecule has 2 aromatic rings. The Kier molecular flexibility index (Phi) is 7.20. The third-order valence-corrected chi connectivity index (χ3v) is 5.17. The Bertz CT molecular complexity index is 904. The zero-order valence-electron chi connectivity index (χ0n) is 16.6. The molecule has 0 fully saturated rings. The molecule has 0 spiro atoms. The van der Waals surface area contributed by atoms with Crippen LogP contribution in [0, 0.1) is 5.92 Å². The van der Waals surface area contributed by atoms with Gasteiger partial charge in [0, 0.05) is 24.5 Å². The zero-order valence-corrected chi connectivity index (χ0v) is 18.2. The number of carbonyl (C=O) groups is 1. The van der Waals surface area contributed by atoms with Gasteiger partial charge < -0.3 is 19.3 Å². The molecule has 0 saturated carbocycles. The lowest BCUT2D eigenvalue weighted by atomic mass is 10.0. The van der Waals surface area contributed by atoms with Gasteiger partial charge in [-0.05, 0) is 52.2 Å². The minimum atomic E-state index is -0.0809. The normalized spacial score (nSPS) is 12.4. The van der Waals surface area contributed by atoms with E-state index in [4.69, 9.17) is 14.2 Å². The van der Waals surface area contributed by atoms with Crippen LogP contribution in [-0.2, 0) is 0 Å². The van der Waals surface area contributed by atoms with E-state index in [0.717, 1.165) is 17.1 Å². The van der Waals surface area contributed by atoms with Crippen LogP contribution in [0.2, 0.25) is 0 Å². The van der Waals surface area contributed by atoms with E-state index in [1.807, 2.05) is 44.2 Å². The molecule has 0 bridgehead atoms. The molecule has 1 aliphatic heterocycles. The molecule has 1 aliphatic rings. The summed E-state index contributed by atoms with van der Waals surface area (Å²) < 4.78 is 17.5. The van der Waals surface area contributed by atoms with Gasteiger partial charge in [0.25, 0.3) is 0 Å². The summed E-state index contributed by atoms with van der Waals surface area (Å²) in [4.78, 5) is 12.2. The summed E-state index contributed by atoms with van der Waals surface area (Å²) in [5, 5.41) is 10.3. The average Bonchev–Trinajstić information content (AvgIpc) is 2.70. The predicted molar refractivity (Wildman–Crippen MR) is 116 cm³/mol. The first kappa shape index (κ1) is 21.2. The second-order valence-corrected chi connectivity index (χ2v) is 8.05. The van der Waals surface area contributed by atoms with Gasteiger partial charge in [0.2, 0.25) is 0 Å². The third kappa shape index (κ3) is 5.54. The van der Waals surface area contributed by atoms with Crippen molar-refractivity contribution in [3.05, 3.63) is 52.0 Å². The van der Waals surface area contributed by atoms with E-state index in [0.29, 0.717) is 48.4 Å². The fraction of sp³-hybridized carbons (Fsp3) is 0.348. The van der Waals surface area contributed by atoms with Gasteiger partial charge >= 0.3 is 0 Å². The zero-order chi connectivity index (χ0) is 20.8. The molecule has 2 aromatic carbocycles. The first-order chi connectivity index (χ1) is 14.0. The average molecular weight is 461 g/mol. The molecular formula is C23H25BrO5. The van der Waals surface area contributed by atoms with Crippen molar-refractivity contribution in [2.24, 2.45) is 5.92 Å². The molecule has 1 N–H and O–H groups in total. The number of benzene rings is 2. The van der Waals surface area contributed by atoms with E-state index >= 15 is 0 Å². The molecule has 5 nitrogen and oxygen atoms in total. The van der Waals surface area contributed by atoms with Crippen molar-refractivity contribution in [1.29, 1.82) is 0 Å². The Morgan fingerprint density at radius 2 is 2.00 bits per heavy atom. The summed E-state index contributed by atoms with van der Waals surface area (Å²) in [5.74, 6) is 2.15. The lowest BCUT2D eigenvalue weighted by molar-refractivity contribution is 0.0965. The molecule has 0 aromatic heterocycles. The van der Waals surface area contributed by atoms with Crippen molar-refractivity contribution >= 4 is 27.8 Å². The number of fused-ring (bicyclic) bond motifs is 1. The summed E-state index contributed by atoms with van der Waals surface area (Å²) in [6.45, 7) is 5.42. The number of ketones is 1. The van der Waals surface area contributed by atoms with Gasteiger partial charge in [-0.15, -0.1) is 0 Å². The lowest BCUT2D eigenvalue weighted by Crippen LogP contribution is -2.07. The van der Waals surface area contributed by atoms with Crippen LogP contribution in [-0.4, -0.2) is 30.7 Å². The van der Waals surface area contributed by atoms with Crippen LogP contribution in [0.25, 0.3) is 6.08 Å². The minimum Gasteiger partial charge on any atom is -0.506 e. The number of aromatic hydroxyl groups is 1. The summed E-state index contributed by atoms with van der Waals surface area (Å²) in [6.07, 6.45) is 5.06. The van der Waals surface area contributed by atoms with Crippen molar-refractivity contribution in [1.82, 2.24) is 0 Å². The summed E-state index contributed by atoms with van der Waals surface area (Å²) in [5.41, 5.74) is 1.36. The van der Waals surface area contributed by atoms with Crippen molar-refractivity contribution in [2.75, 3.05) is 19.8 Å². The maximum atomic E-state index is 12.2. The number of rotatable bonds is 9. The maximum absolute atomic E-state index is 12.2. The second kappa shape index (κ2) is 9.83. The van der Waals surface area contributed by atoms with Crippen LogP contribution < -0.4 is 14.2 Å². The number of phenols is 1. The number of halogens is 1. The van der Waals surface area contributed by atoms with Gasteiger partial charge in [0.15, 0.2) is 5.78 Å². The molecular weight excluding hydrogens is 436 g/mol. The summed E-state index contributed by atoms with van der Waals surface area (Å²) >= 11 is 3.33. The molecule has 1 heterocycles. The molecule has 0 aliphatic carbocycles. The van der Waals surface area contributed by atoms with E-state index in [-0.39, 0.29) is 17.5 Å². The van der Waals surface area contributed by atoms with Gasteiger partial charge in [-0.1, -0.05) is 19.9 Å². The topological polar surface area (TPSA) is 65.0 Å². The van der Waals surface area contributed by atoms with Gasteiger partial charge in [-0.3, -0.25) is 4.79 Å². The smallest absolute Gasteiger partial charge is 0.166 e. The number of hydrogen-bond acceptors (Lipinski definition) is 5. The Labute approximate surface area is 179 Å². The first-order valence-corrected chi connectivity index (χ1v) is 10.5. The number of carbonyl (C=O) groups excluding carboxylic acids is 1. The molecule has 0 radical (unpaired) electrons. The number of ether oxygens (including phenoxy) is 3. The number of phenolic OH excluding ortho intramolecular Hbond substituents is 1. The van der Waals surface area contributed by atoms with Crippen molar-refractivity contribution in [2.45, 2.75) is 26.7 Å². The molecule has 0 unspecified atom stereocenters. The molecule has 29 heavy (non-hydrogen) atoms. The Hall–Kier alpha value is -2.47. The fourth-order valence-corrected chi connectivity index (χ4v) is 3.43. The van der Waals surface area contributed by atoms with E-state index in [9.17, 15) is 9.90 Å². The van der Waals surface area contributed by atoms with Crippen LogP contribution in [0.1, 0.15) is 42.6 Å². The highest BCUT2D eigenvalue weighted by Gasteiger charge is 2.18. The first-order valence-electron chi connectivity index (χ1n) is 9.69. The monoisotopic (exact) mass is 460 g/mol. The SMILES string of the molecule is CC(C)CC(=O)c1ccc(OCCCOc2ccc3c(c2)OCC=C3)c(Br)c1O. The van der Waals surface area contributed by atoms with Gasteiger partial charge in [0.1, 0.15) is 34.1 Å². The Morgan fingerprint density at radius 3 is 2.79 bits per heavy atom. The van der Waals surface area contributed by atoms with Crippen molar-refractivity contribution < 1.29 is 24.1 Å². The van der Waals surface area contributed by atoms with Crippen LogP contribution in [0.4, 0.5) is 0 Å². The Balaban J connectivity index is 1.49. The highest BCUT2D eigenvalue weighted by molar-refractivity contribution is 9.10. The molecule has 0 atom stereocenters. The molecule has 0 amide bonds. The number of hydrogen-bond donors (Lipinski definition) is 1. The molecule has 0 saturated heterocycles. The van der Waals surface area contributed by atoms with E-state index in [1.54, 1.807) is 12.1 Å². The maximum Gasteiger partial charge on any atom is 0.166 e. The van der Waals surface area contributed by atoms with E-state index in [1.165, 1.54) is 0 Å². The minimum absolute atomic E-state index is 0.0764. The second-order valence-electron chi connectivity index (χ2n) is 7.26. The predicted octanol–water partition coefficient (Wildman–Crippen LogP) is 5.64. The summed E-state index contributed by atoms with van der Waals surface area (Å²) in [6, 6.07) is 9.09. The fourth-order valence-electron chi connectivity index (χ4n) is 2.97. The van der Waals surface area contributed by atoms with E-state index in [2.05, 4.69) is 15.9 Å². The molecule has 3 rings (SSSR count). The van der Waals surface area contributed by atoms with Crippen molar-refractivity contribution in [3.63, 3.8) is 0 Å². The van der Waals surface area contributed by atoms with Crippen molar-refractivity contribution in [3.8, 4) is 23.0 Å². The van der Waals surface area contributed by atoms with Crippen LogP contribution in [0.3, 0.4) is 0 Å². The Morgan fingerprint density at radius 1 is 1.21 bits per heavy atom. The highest BCUT2D eigenvalue weighted by Crippen LogP contribution is 2.37. The van der Waals surface area contributed by atoms with E-state index < -0.39 is 0 Å². The van der Waals surface area contributed by atoms with Crippen LogP contribution in [0.15, 0.2) is 40.9 Å². The van der Waals surface area contributed by atoms with Crippen LogP contribution >= 0.6 is 15.9 Å². The van der Waals surface area contributed by atoms with Crippen LogP contribution in [0.5, 0.6) is 23.0 Å². The molecule has 6 heteroatoms. The third-order valence-electron chi connectivity index (χ3n) is 4.41. The largest absolute Gasteiger partial charge is 0.506 e. The molecule has 154 valence electrons. The van der Waals surface area contributed by atoms with Gasteiger partial charge in [-0.25, -0.2) is 0 Å². The standard InChI is InChI=1S/C23H25BrO5/c1-15(2)13-19(25)18-8-9-20(22(24)23(18)26)28-12-4-11-27-17-7-6-16-5-3-10-29-21(16)14-17/h3,5-9,14-15,26H,4,10-13H2,1-2H3. The highest BCUT2D eigenvalue weighted by atomic mass is 79.9. The van der Waals surface area contributed by atoms with Gasteiger partial charge in [-0.2, -0.15) is 0 Å². The quantitative estimate of drug-likeness (QED) is 0.387. The van der Waals surface area contributed by atoms with Gasteiger partial charge in [0.05, 0.1) is 18.8 Å².